The van der Waals surface area contributed by atoms with Crippen LogP contribution in [0.15, 0.2) is 102 Å². The minimum atomic E-state index is -0.292. The van der Waals surface area contributed by atoms with E-state index in [1.54, 1.807) is 12.1 Å². The van der Waals surface area contributed by atoms with E-state index in [2.05, 4.69) is 5.32 Å². The lowest BCUT2D eigenvalue weighted by molar-refractivity contribution is 0.0919. The highest BCUT2D eigenvalue weighted by molar-refractivity contribution is 5.91. The van der Waals surface area contributed by atoms with E-state index >= 15 is 0 Å². The molecule has 36 heavy (non-hydrogen) atoms. The van der Waals surface area contributed by atoms with Crippen LogP contribution in [0, 0.1) is 13.8 Å². The Hall–Kier alpha value is -4.58. The van der Waals surface area contributed by atoms with Crippen LogP contribution in [0.4, 0.5) is 0 Å². The normalized spacial score (nSPS) is 10.8. The summed E-state index contributed by atoms with van der Waals surface area (Å²) in [6, 6.07) is 29.3. The Bertz CT molecular complexity index is 1450. The van der Waals surface area contributed by atoms with Crippen molar-refractivity contribution in [2.75, 3.05) is 0 Å². The summed E-state index contributed by atoms with van der Waals surface area (Å²) in [5.74, 6) is 1.38. The van der Waals surface area contributed by atoms with Crippen molar-refractivity contribution in [2.45, 2.75) is 27.0 Å². The van der Waals surface area contributed by atoms with E-state index in [0.29, 0.717) is 12.3 Å². The zero-order valence-electron chi connectivity index (χ0n) is 20.3. The SMILES string of the molecule is Cc1cccc(C)c1OCc1ccc(C(=O)NCc2cn(-c3ccccc3)nc2-c2ccccc2)o1. The minimum absolute atomic E-state index is 0.242. The first-order chi connectivity index (χ1) is 17.6. The highest BCUT2D eigenvalue weighted by Gasteiger charge is 2.16. The zero-order chi connectivity index (χ0) is 24.9. The van der Waals surface area contributed by atoms with Gasteiger partial charge in [0.05, 0.1) is 11.4 Å². The molecule has 0 aliphatic carbocycles. The van der Waals surface area contributed by atoms with Gasteiger partial charge in [0.2, 0.25) is 0 Å². The molecule has 0 atom stereocenters. The molecule has 5 aromatic rings. The Morgan fingerprint density at radius 1 is 0.889 bits per heavy atom. The first kappa shape index (κ1) is 23.2. The predicted molar refractivity (Wildman–Crippen MR) is 139 cm³/mol. The number of hydrogen-bond acceptors (Lipinski definition) is 4. The zero-order valence-corrected chi connectivity index (χ0v) is 20.3. The topological polar surface area (TPSA) is 69.3 Å². The van der Waals surface area contributed by atoms with Crippen LogP contribution in [0.2, 0.25) is 0 Å². The molecule has 0 spiro atoms. The molecule has 6 heteroatoms. The summed E-state index contributed by atoms with van der Waals surface area (Å²) < 4.78 is 13.5. The molecule has 5 rings (SSSR count). The van der Waals surface area contributed by atoms with Crippen LogP contribution in [0.1, 0.15) is 33.0 Å². The van der Waals surface area contributed by atoms with Gasteiger partial charge in [0.25, 0.3) is 5.91 Å². The smallest absolute Gasteiger partial charge is 0.287 e. The van der Waals surface area contributed by atoms with Crippen molar-refractivity contribution in [3.8, 4) is 22.7 Å². The highest BCUT2D eigenvalue weighted by atomic mass is 16.5. The fourth-order valence-corrected chi connectivity index (χ4v) is 4.10. The van der Waals surface area contributed by atoms with Crippen LogP contribution in [0.25, 0.3) is 16.9 Å². The van der Waals surface area contributed by atoms with Crippen molar-refractivity contribution in [1.29, 1.82) is 0 Å². The molecule has 1 N–H and O–H groups in total. The molecule has 0 aliphatic heterocycles. The molecular formula is C30H27N3O3. The van der Waals surface area contributed by atoms with Crippen LogP contribution < -0.4 is 10.1 Å². The average Bonchev–Trinajstić information content (AvgIpc) is 3.56. The molecule has 0 fully saturated rings. The van der Waals surface area contributed by atoms with Gasteiger partial charge < -0.3 is 14.5 Å². The van der Waals surface area contributed by atoms with Gasteiger partial charge in [-0.2, -0.15) is 5.10 Å². The molecule has 3 aromatic carbocycles. The lowest BCUT2D eigenvalue weighted by Gasteiger charge is -2.10. The fourth-order valence-electron chi connectivity index (χ4n) is 4.10. The third-order valence-corrected chi connectivity index (χ3v) is 5.95. The monoisotopic (exact) mass is 477 g/mol. The van der Waals surface area contributed by atoms with Gasteiger partial charge in [0.1, 0.15) is 18.1 Å². The molecule has 2 heterocycles. The molecule has 0 saturated heterocycles. The Morgan fingerprint density at radius 3 is 2.31 bits per heavy atom. The summed E-state index contributed by atoms with van der Waals surface area (Å²) in [5.41, 5.74) is 5.78. The van der Waals surface area contributed by atoms with Crippen molar-refractivity contribution in [1.82, 2.24) is 15.1 Å². The van der Waals surface area contributed by atoms with E-state index in [0.717, 1.165) is 39.4 Å². The van der Waals surface area contributed by atoms with Gasteiger partial charge in [0, 0.05) is 23.9 Å². The van der Waals surface area contributed by atoms with Gasteiger partial charge >= 0.3 is 0 Å². The van der Waals surface area contributed by atoms with Crippen LogP contribution >= 0.6 is 0 Å². The Labute approximate surface area is 210 Å². The van der Waals surface area contributed by atoms with Gasteiger partial charge in [-0.15, -0.1) is 0 Å². The first-order valence-corrected chi connectivity index (χ1v) is 11.8. The summed E-state index contributed by atoms with van der Waals surface area (Å²) in [7, 11) is 0. The predicted octanol–water partition coefficient (Wildman–Crippen LogP) is 6.26. The summed E-state index contributed by atoms with van der Waals surface area (Å²) in [6.45, 7) is 4.58. The highest BCUT2D eigenvalue weighted by Crippen LogP contribution is 2.25. The average molecular weight is 478 g/mol. The largest absolute Gasteiger partial charge is 0.485 e. The number of aromatic nitrogens is 2. The molecule has 0 aliphatic rings. The number of ether oxygens (including phenoxy) is 1. The second-order valence-corrected chi connectivity index (χ2v) is 8.61. The van der Waals surface area contributed by atoms with E-state index in [1.165, 1.54) is 0 Å². The number of carbonyl (C=O) groups is 1. The molecular weight excluding hydrogens is 450 g/mol. The van der Waals surface area contributed by atoms with Gasteiger partial charge in [-0.25, -0.2) is 4.68 Å². The lowest BCUT2D eigenvalue weighted by Crippen LogP contribution is -2.22. The Balaban J connectivity index is 1.29. The number of hydrogen-bond donors (Lipinski definition) is 1. The summed E-state index contributed by atoms with van der Waals surface area (Å²) >= 11 is 0. The van der Waals surface area contributed by atoms with Crippen molar-refractivity contribution >= 4 is 5.91 Å². The molecule has 0 radical (unpaired) electrons. The number of furan rings is 1. The van der Waals surface area contributed by atoms with E-state index in [9.17, 15) is 4.79 Å². The van der Waals surface area contributed by atoms with E-state index < -0.39 is 0 Å². The fraction of sp³-hybridized carbons (Fsp3) is 0.133. The minimum Gasteiger partial charge on any atom is -0.485 e. The number of benzene rings is 3. The maximum atomic E-state index is 12.9. The summed E-state index contributed by atoms with van der Waals surface area (Å²) in [6.07, 6.45) is 1.95. The van der Waals surface area contributed by atoms with Crippen molar-refractivity contribution in [2.24, 2.45) is 0 Å². The number of nitrogens with one attached hydrogen (secondary N) is 1. The summed E-state index contributed by atoms with van der Waals surface area (Å²) in [5, 5.41) is 7.77. The Morgan fingerprint density at radius 2 is 1.58 bits per heavy atom. The van der Waals surface area contributed by atoms with E-state index in [4.69, 9.17) is 14.3 Å². The molecule has 180 valence electrons. The summed E-state index contributed by atoms with van der Waals surface area (Å²) in [4.78, 5) is 12.9. The van der Waals surface area contributed by atoms with E-state index in [-0.39, 0.29) is 18.3 Å². The Kier molecular flexibility index (Phi) is 6.67. The lowest BCUT2D eigenvalue weighted by atomic mass is 10.1. The van der Waals surface area contributed by atoms with Crippen molar-refractivity contribution in [3.63, 3.8) is 0 Å². The standard InChI is InChI=1S/C30H27N3O3/c1-21-10-9-11-22(2)29(21)35-20-26-16-17-27(36-26)30(34)31-18-24-19-33(25-14-7-4-8-15-25)32-28(24)23-12-5-3-6-13-23/h3-17,19H,18,20H2,1-2H3,(H,31,34). The number of amides is 1. The van der Waals surface area contributed by atoms with Crippen molar-refractivity contribution < 1.29 is 13.9 Å². The van der Waals surface area contributed by atoms with Gasteiger partial charge in [-0.3, -0.25) is 4.79 Å². The molecule has 0 unspecified atom stereocenters. The van der Waals surface area contributed by atoms with Crippen LogP contribution in [0.3, 0.4) is 0 Å². The second-order valence-electron chi connectivity index (χ2n) is 8.61. The molecule has 0 bridgehead atoms. The van der Waals surface area contributed by atoms with Gasteiger partial charge in [-0.1, -0.05) is 66.7 Å². The number of aryl methyl sites for hydroxylation is 2. The maximum Gasteiger partial charge on any atom is 0.287 e. The third-order valence-electron chi connectivity index (χ3n) is 5.95. The molecule has 6 nitrogen and oxygen atoms in total. The van der Waals surface area contributed by atoms with Gasteiger partial charge in [0.15, 0.2) is 5.76 Å². The van der Waals surface area contributed by atoms with Crippen LogP contribution in [0.5, 0.6) is 5.75 Å². The quantitative estimate of drug-likeness (QED) is 0.286. The molecule has 1 amide bonds. The van der Waals surface area contributed by atoms with Gasteiger partial charge in [-0.05, 0) is 49.2 Å². The van der Waals surface area contributed by atoms with E-state index in [1.807, 2.05) is 104 Å². The first-order valence-electron chi connectivity index (χ1n) is 11.8. The number of nitrogens with zero attached hydrogens (tertiary/aromatic N) is 2. The van der Waals surface area contributed by atoms with Crippen LogP contribution in [-0.2, 0) is 13.2 Å². The number of carbonyl (C=O) groups excluding carboxylic acids is 1. The number of para-hydroxylation sites is 2. The third kappa shape index (κ3) is 5.08. The maximum absolute atomic E-state index is 12.9. The molecule has 0 saturated carbocycles. The second kappa shape index (κ2) is 10.4. The van der Waals surface area contributed by atoms with Crippen molar-refractivity contribution in [3.05, 3.63) is 125 Å². The number of rotatable bonds is 8. The molecule has 2 aromatic heterocycles. The van der Waals surface area contributed by atoms with Crippen LogP contribution in [-0.4, -0.2) is 15.7 Å².